The molecule has 1 saturated heterocycles. The molecule has 5 nitrogen and oxygen atoms in total. The van der Waals surface area contributed by atoms with Crippen LogP contribution >= 0.6 is 23.4 Å². The largest absolute Gasteiger partial charge is 0.456 e. The van der Waals surface area contributed by atoms with E-state index in [9.17, 15) is 8.42 Å². The number of hydrogen-bond acceptors (Lipinski definition) is 5. The van der Waals surface area contributed by atoms with Gasteiger partial charge in [-0.1, -0.05) is 23.7 Å². The number of hydrogen-bond donors (Lipinski definition) is 1. The number of benzene rings is 2. The topological polar surface area (TPSA) is 64.6 Å². The van der Waals surface area contributed by atoms with Crippen molar-refractivity contribution in [2.24, 2.45) is 0 Å². The lowest BCUT2D eigenvalue weighted by molar-refractivity contribution is 0.100. The lowest BCUT2D eigenvalue weighted by atomic mass is 10.2. The summed E-state index contributed by atoms with van der Waals surface area (Å²) in [4.78, 5) is 0.213. The molecule has 146 valence electrons. The molecule has 0 spiro atoms. The first-order valence-electron chi connectivity index (χ1n) is 8.76. The number of rotatable bonds is 8. The first-order chi connectivity index (χ1) is 13.0. The SMILES string of the molecule is O=S(=O)(NCCSC1CCOCC1)c1ccc(Oc2ccccc2Cl)cc1. The normalized spacial score (nSPS) is 15.6. The van der Waals surface area contributed by atoms with Crippen molar-refractivity contribution < 1.29 is 17.9 Å². The molecule has 1 heterocycles. The van der Waals surface area contributed by atoms with E-state index in [2.05, 4.69) is 4.72 Å². The summed E-state index contributed by atoms with van der Waals surface area (Å²) >= 11 is 7.86. The van der Waals surface area contributed by atoms with Crippen LogP contribution in [-0.2, 0) is 14.8 Å². The molecule has 0 aromatic heterocycles. The molecule has 0 bridgehead atoms. The van der Waals surface area contributed by atoms with Gasteiger partial charge in [-0.3, -0.25) is 0 Å². The number of para-hydroxylation sites is 1. The fourth-order valence-electron chi connectivity index (χ4n) is 2.67. The van der Waals surface area contributed by atoms with Gasteiger partial charge in [0, 0.05) is 30.8 Å². The highest BCUT2D eigenvalue weighted by Gasteiger charge is 2.16. The van der Waals surface area contributed by atoms with Crippen molar-refractivity contribution in [3.8, 4) is 11.5 Å². The fraction of sp³-hybridized carbons (Fsp3) is 0.368. The Morgan fingerprint density at radius 1 is 1.11 bits per heavy atom. The van der Waals surface area contributed by atoms with Crippen molar-refractivity contribution in [3.05, 3.63) is 53.6 Å². The van der Waals surface area contributed by atoms with Gasteiger partial charge in [0.2, 0.25) is 10.0 Å². The van der Waals surface area contributed by atoms with E-state index in [0.29, 0.717) is 28.3 Å². The summed E-state index contributed by atoms with van der Waals surface area (Å²) in [7, 11) is -3.53. The van der Waals surface area contributed by atoms with Crippen LogP contribution in [0.5, 0.6) is 11.5 Å². The Bertz CT molecular complexity index is 837. The first-order valence-corrected chi connectivity index (χ1v) is 11.7. The van der Waals surface area contributed by atoms with Crippen molar-refractivity contribution in [1.82, 2.24) is 4.72 Å². The number of sulfonamides is 1. The van der Waals surface area contributed by atoms with E-state index in [1.165, 1.54) is 12.1 Å². The van der Waals surface area contributed by atoms with Crippen molar-refractivity contribution >= 4 is 33.4 Å². The predicted molar refractivity (Wildman–Crippen MR) is 109 cm³/mol. The van der Waals surface area contributed by atoms with Gasteiger partial charge in [0.25, 0.3) is 0 Å². The van der Waals surface area contributed by atoms with Crippen LogP contribution in [0.1, 0.15) is 12.8 Å². The third-order valence-corrected chi connectivity index (χ3v) is 7.29. The van der Waals surface area contributed by atoms with Crippen molar-refractivity contribution in [2.45, 2.75) is 23.0 Å². The van der Waals surface area contributed by atoms with Crippen LogP contribution in [0, 0.1) is 0 Å². The summed E-state index contributed by atoms with van der Waals surface area (Å²) < 4.78 is 38.5. The molecule has 0 amide bonds. The van der Waals surface area contributed by atoms with E-state index in [0.717, 1.165) is 31.8 Å². The minimum absolute atomic E-state index is 0.213. The Balaban J connectivity index is 1.51. The van der Waals surface area contributed by atoms with Crippen molar-refractivity contribution in [1.29, 1.82) is 0 Å². The molecule has 2 aromatic rings. The highest BCUT2D eigenvalue weighted by molar-refractivity contribution is 8.00. The zero-order valence-electron chi connectivity index (χ0n) is 14.8. The molecule has 1 N–H and O–H groups in total. The van der Waals surface area contributed by atoms with Crippen molar-refractivity contribution in [3.63, 3.8) is 0 Å². The lowest BCUT2D eigenvalue weighted by Gasteiger charge is -2.21. The van der Waals surface area contributed by atoms with Gasteiger partial charge < -0.3 is 9.47 Å². The fourth-order valence-corrected chi connectivity index (χ4v) is 5.08. The molecule has 2 aromatic carbocycles. The van der Waals surface area contributed by atoms with E-state index in [4.69, 9.17) is 21.1 Å². The maximum absolute atomic E-state index is 12.4. The quantitative estimate of drug-likeness (QED) is 0.635. The van der Waals surface area contributed by atoms with Gasteiger partial charge in [-0.25, -0.2) is 13.1 Å². The summed E-state index contributed by atoms with van der Waals surface area (Å²) in [6, 6.07) is 13.4. The third kappa shape index (κ3) is 6.12. The third-order valence-electron chi connectivity index (χ3n) is 4.11. The summed E-state index contributed by atoms with van der Waals surface area (Å²) in [6.07, 6.45) is 2.06. The average Bonchev–Trinajstić information content (AvgIpc) is 2.68. The monoisotopic (exact) mass is 427 g/mol. The molecule has 1 fully saturated rings. The van der Waals surface area contributed by atoms with Gasteiger partial charge in [0.1, 0.15) is 11.5 Å². The summed E-state index contributed by atoms with van der Waals surface area (Å²) in [5, 5.41) is 1.06. The molecule has 0 unspecified atom stereocenters. The van der Waals surface area contributed by atoms with E-state index in [-0.39, 0.29) is 4.90 Å². The highest BCUT2D eigenvalue weighted by Crippen LogP contribution is 2.29. The zero-order chi connectivity index (χ0) is 19.1. The average molecular weight is 428 g/mol. The molecule has 3 rings (SSSR count). The van der Waals surface area contributed by atoms with Gasteiger partial charge in [0.05, 0.1) is 9.92 Å². The molecule has 0 atom stereocenters. The minimum Gasteiger partial charge on any atom is -0.456 e. The number of nitrogens with one attached hydrogen (secondary N) is 1. The number of ether oxygens (including phenoxy) is 2. The van der Waals surface area contributed by atoms with E-state index >= 15 is 0 Å². The molecular formula is C19H22ClNO4S2. The standard InChI is InChI=1S/C19H22ClNO4S2/c20-18-3-1-2-4-19(18)25-15-5-7-17(8-6-15)27(22,23)21-11-14-26-16-9-12-24-13-10-16/h1-8,16,21H,9-14H2. The summed E-state index contributed by atoms with van der Waals surface area (Å²) in [5.74, 6) is 1.80. The Morgan fingerprint density at radius 3 is 2.52 bits per heavy atom. The zero-order valence-corrected chi connectivity index (χ0v) is 17.2. The van der Waals surface area contributed by atoms with Crippen LogP contribution in [0.15, 0.2) is 53.4 Å². The van der Waals surface area contributed by atoms with Crippen LogP contribution in [-0.4, -0.2) is 39.2 Å². The van der Waals surface area contributed by atoms with Gasteiger partial charge in [-0.05, 0) is 49.2 Å². The van der Waals surface area contributed by atoms with Crippen LogP contribution in [0.2, 0.25) is 5.02 Å². The molecular weight excluding hydrogens is 406 g/mol. The first kappa shape index (κ1) is 20.5. The maximum Gasteiger partial charge on any atom is 0.240 e. The van der Waals surface area contributed by atoms with Gasteiger partial charge >= 0.3 is 0 Å². The van der Waals surface area contributed by atoms with Crippen LogP contribution in [0.25, 0.3) is 0 Å². The number of halogens is 1. The second-order valence-electron chi connectivity index (χ2n) is 6.08. The predicted octanol–water partition coefficient (Wildman–Crippen LogP) is 4.32. The van der Waals surface area contributed by atoms with Crippen molar-refractivity contribution in [2.75, 3.05) is 25.5 Å². The lowest BCUT2D eigenvalue weighted by Crippen LogP contribution is -2.27. The Kier molecular flexibility index (Phi) is 7.43. The van der Waals surface area contributed by atoms with Gasteiger partial charge in [0.15, 0.2) is 0 Å². The Hall–Kier alpha value is -1.25. The molecule has 27 heavy (non-hydrogen) atoms. The minimum atomic E-state index is -3.53. The number of thioether (sulfide) groups is 1. The van der Waals surface area contributed by atoms with Gasteiger partial charge in [-0.2, -0.15) is 11.8 Å². The van der Waals surface area contributed by atoms with Crippen LogP contribution in [0.4, 0.5) is 0 Å². The molecule has 1 aliphatic heterocycles. The molecule has 0 aliphatic carbocycles. The highest BCUT2D eigenvalue weighted by atomic mass is 35.5. The maximum atomic E-state index is 12.4. The summed E-state index contributed by atoms with van der Waals surface area (Å²) in [6.45, 7) is 2.00. The van der Waals surface area contributed by atoms with Crippen LogP contribution < -0.4 is 9.46 Å². The molecule has 8 heteroatoms. The molecule has 0 radical (unpaired) electrons. The second-order valence-corrected chi connectivity index (χ2v) is 9.67. The smallest absolute Gasteiger partial charge is 0.240 e. The molecule has 0 saturated carbocycles. The summed E-state index contributed by atoms with van der Waals surface area (Å²) in [5.41, 5.74) is 0. The van der Waals surface area contributed by atoms with E-state index in [1.54, 1.807) is 36.0 Å². The Labute approximate surface area is 169 Å². The Morgan fingerprint density at radius 2 is 1.81 bits per heavy atom. The van der Waals surface area contributed by atoms with Gasteiger partial charge in [-0.15, -0.1) is 0 Å². The van der Waals surface area contributed by atoms with E-state index < -0.39 is 10.0 Å². The second kappa shape index (κ2) is 9.80. The van der Waals surface area contributed by atoms with E-state index in [1.807, 2.05) is 12.1 Å². The molecule has 1 aliphatic rings. The van der Waals surface area contributed by atoms with Crippen LogP contribution in [0.3, 0.4) is 0 Å².